The summed E-state index contributed by atoms with van der Waals surface area (Å²) in [4.78, 5) is 17.0. The van der Waals surface area contributed by atoms with Crippen LogP contribution in [0.4, 0.5) is 0 Å². The van der Waals surface area contributed by atoms with Gasteiger partial charge in [-0.2, -0.15) is 0 Å². The van der Waals surface area contributed by atoms with E-state index in [9.17, 15) is 4.79 Å². The van der Waals surface area contributed by atoms with Crippen molar-refractivity contribution >= 4 is 5.91 Å². The van der Waals surface area contributed by atoms with Gasteiger partial charge in [-0.1, -0.05) is 6.92 Å². The summed E-state index contributed by atoms with van der Waals surface area (Å²) in [6, 6.07) is 1.88. The summed E-state index contributed by atoms with van der Waals surface area (Å²) in [5, 5.41) is 0. The van der Waals surface area contributed by atoms with Crippen LogP contribution in [0.3, 0.4) is 0 Å². The Hall–Kier alpha value is -1.33. The molecule has 2 aliphatic heterocycles. The van der Waals surface area contributed by atoms with Crippen LogP contribution >= 0.6 is 0 Å². The molecule has 2 fully saturated rings. The van der Waals surface area contributed by atoms with Crippen molar-refractivity contribution in [2.75, 3.05) is 45.9 Å². The van der Waals surface area contributed by atoms with E-state index in [1.807, 2.05) is 17.9 Å². The molecule has 0 bridgehead atoms. The van der Waals surface area contributed by atoms with E-state index in [2.05, 4.69) is 11.8 Å². The zero-order valence-corrected chi connectivity index (χ0v) is 14.3. The highest BCUT2D eigenvalue weighted by molar-refractivity contribution is 5.91. The largest absolute Gasteiger partial charge is 0.456 e. The second kappa shape index (κ2) is 7.49. The lowest BCUT2D eigenvalue weighted by Gasteiger charge is -2.36. The monoisotopic (exact) mass is 320 g/mol. The second-order valence-electron chi connectivity index (χ2n) is 6.72. The number of hydrogen-bond acceptors (Lipinski definition) is 4. The molecule has 0 atom stereocenters. The van der Waals surface area contributed by atoms with Gasteiger partial charge >= 0.3 is 0 Å². The molecule has 1 aromatic rings. The summed E-state index contributed by atoms with van der Waals surface area (Å²) in [6.45, 7) is 10.5. The van der Waals surface area contributed by atoms with E-state index in [4.69, 9.17) is 9.15 Å². The minimum Gasteiger partial charge on any atom is -0.456 e. The molecule has 1 aromatic heterocycles. The fourth-order valence-corrected chi connectivity index (χ4v) is 3.56. The molecule has 0 spiro atoms. The zero-order chi connectivity index (χ0) is 16.2. The van der Waals surface area contributed by atoms with Crippen molar-refractivity contribution < 1.29 is 13.9 Å². The van der Waals surface area contributed by atoms with Crippen LogP contribution in [-0.4, -0.2) is 61.6 Å². The molecule has 1 amide bonds. The Labute approximate surface area is 138 Å². The standard InChI is InChI=1S/C18H28N2O3/c1-3-16-14(2)12-17(23-16)18(21)20-8-6-19(7-9-20)13-15-4-10-22-11-5-15/h12,15H,3-11,13H2,1-2H3. The van der Waals surface area contributed by atoms with Crippen molar-refractivity contribution in [1.29, 1.82) is 0 Å². The lowest BCUT2D eigenvalue weighted by atomic mass is 9.99. The van der Waals surface area contributed by atoms with E-state index < -0.39 is 0 Å². The summed E-state index contributed by atoms with van der Waals surface area (Å²) < 4.78 is 11.1. The topological polar surface area (TPSA) is 45.9 Å². The number of nitrogens with zero attached hydrogens (tertiary/aromatic N) is 2. The van der Waals surface area contributed by atoms with Crippen molar-refractivity contribution in [3.05, 3.63) is 23.2 Å². The Morgan fingerprint density at radius 1 is 1.22 bits per heavy atom. The lowest BCUT2D eigenvalue weighted by Crippen LogP contribution is -2.50. The molecule has 5 nitrogen and oxygen atoms in total. The predicted molar refractivity (Wildman–Crippen MR) is 88.7 cm³/mol. The average Bonchev–Trinajstić information content (AvgIpc) is 2.97. The van der Waals surface area contributed by atoms with E-state index in [0.29, 0.717) is 5.76 Å². The number of ether oxygens (including phenoxy) is 1. The van der Waals surface area contributed by atoms with Gasteiger partial charge in [0.2, 0.25) is 0 Å². The summed E-state index contributed by atoms with van der Waals surface area (Å²) in [5.41, 5.74) is 1.08. The Morgan fingerprint density at radius 3 is 2.52 bits per heavy atom. The summed E-state index contributed by atoms with van der Waals surface area (Å²) >= 11 is 0. The molecule has 0 unspecified atom stereocenters. The number of furan rings is 1. The quantitative estimate of drug-likeness (QED) is 0.854. The lowest BCUT2D eigenvalue weighted by molar-refractivity contribution is 0.0383. The molecule has 5 heteroatoms. The van der Waals surface area contributed by atoms with Gasteiger partial charge in [-0.25, -0.2) is 0 Å². The zero-order valence-electron chi connectivity index (χ0n) is 14.3. The molecule has 0 N–H and O–H groups in total. The fraction of sp³-hybridized carbons (Fsp3) is 0.722. The minimum absolute atomic E-state index is 0.0403. The average molecular weight is 320 g/mol. The van der Waals surface area contributed by atoms with Gasteiger partial charge in [0.05, 0.1) is 0 Å². The normalized spacial score (nSPS) is 20.9. The molecule has 128 valence electrons. The number of rotatable bonds is 4. The Balaban J connectivity index is 1.50. The second-order valence-corrected chi connectivity index (χ2v) is 6.72. The van der Waals surface area contributed by atoms with Gasteiger partial charge in [0, 0.05) is 52.4 Å². The van der Waals surface area contributed by atoms with Gasteiger partial charge in [-0.15, -0.1) is 0 Å². The third kappa shape index (κ3) is 3.96. The van der Waals surface area contributed by atoms with Gasteiger partial charge in [0.15, 0.2) is 5.76 Å². The molecule has 3 rings (SSSR count). The van der Waals surface area contributed by atoms with Gasteiger partial charge in [-0.3, -0.25) is 9.69 Å². The first-order valence-corrected chi connectivity index (χ1v) is 8.86. The van der Waals surface area contributed by atoms with E-state index in [1.54, 1.807) is 0 Å². The van der Waals surface area contributed by atoms with Crippen LogP contribution < -0.4 is 0 Å². The van der Waals surface area contributed by atoms with E-state index in [1.165, 1.54) is 12.8 Å². The third-order valence-electron chi connectivity index (χ3n) is 5.07. The van der Waals surface area contributed by atoms with Crippen LogP contribution in [0, 0.1) is 12.8 Å². The summed E-state index contributed by atoms with van der Waals surface area (Å²) in [6.07, 6.45) is 3.17. The molecule has 3 heterocycles. The number of aryl methyl sites for hydroxylation is 2. The van der Waals surface area contributed by atoms with Crippen molar-refractivity contribution in [2.24, 2.45) is 5.92 Å². The Morgan fingerprint density at radius 2 is 1.91 bits per heavy atom. The van der Waals surface area contributed by atoms with Gasteiger partial charge in [0.1, 0.15) is 5.76 Å². The van der Waals surface area contributed by atoms with Gasteiger partial charge in [-0.05, 0) is 37.3 Å². The SMILES string of the molecule is CCc1oc(C(=O)N2CCN(CC3CCOCC3)CC2)cc1C. The first kappa shape index (κ1) is 16.5. The molecule has 0 saturated carbocycles. The Kier molecular flexibility index (Phi) is 5.38. The molecule has 0 aromatic carbocycles. The minimum atomic E-state index is 0.0403. The van der Waals surface area contributed by atoms with Crippen molar-refractivity contribution in [3.63, 3.8) is 0 Å². The molecule has 2 saturated heterocycles. The highest BCUT2D eigenvalue weighted by Gasteiger charge is 2.26. The third-order valence-corrected chi connectivity index (χ3v) is 5.07. The highest BCUT2D eigenvalue weighted by Crippen LogP contribution is 2.19. The van der Waals surface area contributed by atoms with Crippen LogP contribution in [0.1, 0.15) is 41.6 Å². The molecule has 23 heavy (non-hydrogen) atoms. The van der Waals surface area contributed by atoms with Crippen molar-refractivity contribution in [2.45, 2.75) is 33.1 Å². The van der Waals surface area contributed by atoms with Crippen LogP contribution in [-0.2, 0) is 11.2 Å². The van der Waals surface area contributed by atoms with Crippen LogP contribution in [0.15, 0.2) is 10.5 Å². The van der Waals surface area contributed by atoms with Crippen molar-refractivity contribution in [3.8, 4) is 0 Å². The van der Waals surface area contributed by atoms with E-state index >= 15 is 0 Å². The van der Waals surface area contributed by atoms with Crippen LogP contribution in [0.2, 0.25) is 0 Å². The molecule has 0 aliphatic carbocycles. The molecule has 0 radical (unpaired) electrons. The molecular formula is C18H28N2O3. The fourth-order valence-electron chi connectivity index (χ4n) is 3.56. The maximum atomic E-state index is 12.6. The van der Waals surface area contributed by atoms with Gasteiger partial charge < -0.3 is 14.1 Å². The maximum absolute atomic E-state index is 12.6. The van der Waals surface area contributed by atoms with Crippen LogP contribution in [0.25, 0.3) is 0 Å². The van der Waals surface area contributed by atoms with Crippen LogP contribution in [0.5, 0.6) is 0 Å². The number of carbonyl (C=O) groups is 1. The first-order valence-electron chi connectivity index (χ1n) is 8.86. The van der Waals surface area contributed by atoms with E-state index in [-0.39, 0.29) is 5.91 Å². The Bertz CT molecular complexity index is 526. The van der Waals surface area contributed by atoms with E-state index in [0.717, 1.165) is 69.6 Å². The first-order chi connectivity index (χ1) is 11.2. The highest BCUT2D eigenvalue weighted by atomic mass is 16.5. The predicted octanol–water partition coefficient (Wildman–Crippen LogP) is 2.33. The number of piperazine rings is 1. The summed E-state index contributed by atoms with van der Waals surface area (Å²) in [7, 11) is 0. The van der Waals surface area contributed by atoms with Gasteiger partial charge in [0.25, 0.3) is 5.91 Å². The molecule has 2 aliphatic rings. The maximum Gasteiger partial charge on any atom is 0.289 e. The van der Waals surface area contributed by atoms with Crippen molar-refractivity contribution in [1.82, 2.24) is 9.80 Å². The smallest absolute Gasteiger partial charge is 0.289 e. The number of carbonyl (C=O) groups excluding carboxylic acids is 1. The summed E-state index contributed by atoms with van der Waals surface area (Å²) in [5.74, 6) is 2.22. The number of amides is 1. The number of hydrogen-bond donors (Lipinski definition) is 0. The molecular weight excluding hydrogens is 292 g/mol.